The van der Waals surface area contributed by atoms with Gasteiger partial charge in [0.25, 0.3) is 0 Å². The van der Waals surface area contributed by atoms with Crippen LogP contribution in [0, 0.1) is 5.92 Å². The number of likely N-dealkylation sites (N-methyl/N-ethyl adjacent to an activating group) is 1. The quantitative estimate of drug-likeness (QED) is 0.229. The van der Waals surface area contributed by atoms with Crippen LogP contribution in [0.25, 0.3) is 0 Å². The molecule has 0 spiro atoms. The zero-order valence-corrected chi connectivity index (χ0v) is 33.7. The molecule has 3 fully saturated rings. The number of hydrogen-bond acceptors (Lipinski definition) is 16. The number of aliphatic hydroxyl groups excluding tert-OH is 1. The molecule has 3 heterocycles. The number of ketones is 3. The number of Topliss-reactive ketones (excluding diaryl/α,β-unsaturated/α-hetero) is 1. The zero-order chi connectivity index (χ0) is 42.0. The molecule has 7 rings (SSSR count). The normalized spacial score (nSPS) is 36.3. The Hall–Kier alpha value is -3.84. The first-order chi connectivity index (χ1) is 27.5. The number of ether oxygens (including phenoxy) is 7. The van der Waals surface area contributed by atoms with Crippen molar-refractivity contribution in [1.29, 1.82) is 0 Å². The fourth-order valence-corrected chi connectivity index (χ4v) is 9.21. The van der Waals surface area contributed by atoms with Gasteiger partial charge in [-0.2, -0.15) is 0 Å². The number of methoxy groups -OCH3 is 1. The molecule has 0 aromatic heterocycles. The Labute approximate surface area is 336 Å². The van der Waals surface area contributed by atoms with Crippen molar-refractivity contribution in [3.8, 4) is 11.5 Å². The van der Waals surface area contributed by atoms with Gasteiger partial charge in [0.1, 0.15) is 29.6 Å². The van der Waals surface area contributed by atoms with Crippen LogP contribution >= 0.6 is 0 Å². The molecule has 3 saturated heterocycles. The van der Waals surface area contributed by atoms with Crippen molar-refractivity contribution in [3.05, 3.63) is 57.6 Å². The largest absolute Gasteiger partial charge is 0.507 e. The summed E-state index contributed by atoms with van der Waals surface area (Å²) in [5.41, 5.74) is -2.58. The third-order valence-corrected chi connectivity index (χ3v) is 12.5. The molecule has 0 amide bonds. The summed E-state index contributed by atoms with van der Waals surface area (Å²) in [7, 11) is 4.92. The van der Waals surface area contributed by atoms with Crippen molar-refractivity contribution in [1.82, 2.24) is 4.90 Å². The number of aliphatic hydroxyl groups is 2. The van der Waals surface area contributed by atoms with Crippen LogP contribution in [0.2, 0.25) is 0 Å². The van der Waals surface area contributed by atoms with E-state index in [4.69, 9.17) is 33.2 Å². The first-order valence-electron chi connectivity index (χ1n) is 19.9. The minimum Gasteiger partial charge on any atom is -0.507 e. The summed E-state index contributed by atoms with van der Waals surface area (Å²) in [4.78, 5) is 55.1. The minimum absolute atomic E-state index is 0.00106. The predicted octanol–water partition coefficient (Wildman–Crippen LogP) is 3.02. The van der Waals surface area contributed by atoms with Crippen LogP contribution in [0.1, 0.15) is 115 Å². The predicted molar refractivity (Wildman–Crippen MR) is 201 cm³/mol. The van der Waals surface area contributed by atoms with Gasteiger partial charge in [-0.05, 0) is 52.1 Å². The lowest BCUT2D eigenvalue weighted by Gasteiger charge is -2.48. The molecule has 4 N–H and O–H groups in total. The molecule has 316 valence electrons. The molecule has 16 heteroatoms. The third-order valence-electron chi connectivity index (χ3n) is 12.5. The zero-order valence-electron chi connectivity index (χ0n) is 33.7. The van der Waals surface area contributed by atoms with Crippen molar-refractivity contribution in [3.63, 3.8) is 0 Å². The van der Waals surface area contributed by atoms with Crippen molar-refractivity contribution in [2.24, 2.45) is 5.92 Å². The summed E-state index contributed by atoms with van der Waals surface area (Å²) in [6.45, 7) is 7.11. The van der Waals surface area contributed by atoms with Gasteiger partial charge in [-0.3, -0.25) is 19.2 Å². The number of benzene rings is 2. The minimum atomic E-state index is -1.78. The molecule has 5 aliphatic rings. The Morgan fingerprint density at radius 1 is 0.966 bits per heavy atom. The van der Waals surface area contributed by atoms with Crippen molar-refractivity contribution >= 4 is 23.3 Å². The van der Waals surface area contributed by atoms with Crippen LogP contribution in [-0.4, -0.2) is 137 Å². The summed E-state index contributed by atoms with van der Waals surface area (Å²) in [6, 6.07) is 5.12. The Morgan fingerprint density at radius 3 is 2.34 bits per heavy atom. The van der Waals surface area contributed by atoms with E-state index in [2.05, 4.69) is 0 Å². The van der Waals surface area contributed by atoms with Gasteiger partial charge in [0, 0.05) is 48.3 Å². The summed E-state index contributed by atoms with van der Waals surface area (Å²) in [6.07, 6.45) is -6.62. The Morgan fingerprint density at radius 2 is 1.69 bits per heavy atom. The average Bonchev–Trinajstić information content (AvgIpc) is 3.17. The topological polar surface area (TPSA) is 217 Å². The van der Waals surface area contributed by atoms with E-state index in [1.54, 1.807) is 20.8 Å². The maximum Gasteiger partial charge on any atom is 0.316 e. The van der Waals surface area contributed by atoms with E-state index in [1.807, 2.05) is 25.9 Å². The monoisotopic (exact) mass is 811 g/mol. The molecule has 16 nitrogen and oxygen atoms in total. The Bertz CT molecular complexity index is 1940. The maximum absolute atomic E-state index is 14.0. The smallest absolute Gasteiger partial charge is 0.316 e. The van der Waals surface area contributed by atoms with E-state index in [1.165, 1.54) is 31.4 Å². The van der Waals surface area contributed by atoms with E-state index in [0.29, 0.717) is 12.8 Å². The number of phenolic OH excluding ortho intramolecular Hbond substituents is 2. The van der Waals surface area contributed by atoms with Crippen LogP contribution in [-0.2, 0) is 42.7 Å². The first-order valence-corrected chi connectivity index (χ1v) is 19.9. The number of carbonyl (C=O) groups is 4. The van der Waals surface area contributed by atoms with Crippen LogP contribution in [0.15, 0.2) is 24.3 Å². The van der Waals surface area contributed by atoms with Gasteiger partial charge in [0.05, 0.1) is 60.9 Å². The number of aromatic hydroxyl groups is 2. The van der Waals surface area contributed by atoms with Gasteiger partial charge in [0.15, 0.2) is 30.4 Å². The van der Waals surface area contributed by atoms with Gasteiger partial charge in [-0.25, -0.2) is 0 Å². The standard InChI is InChI=1S/C42H53NO15/c1-8-42(51)16-28(32-22(34(42)40(50)52-7)14-23-33(37(32)49)36(48)31-21(35(23)47)10-9-11-26(31)45)56-41-18(2)38(24(17-53-41)43(5)6)58-30-15-27(46)39(20(4)55-30)57-29-13-12-25(44)19(3)54-29/h9-11,14,18-20,24,27-30,34,38-39,41,45-46,49,51H,8,12-13,15-17H2,1-7H3/t18-,19-,20-,24-,27-,28-,29-,30-,34-,38+,39+,41+,42+/m0/s1. The third kappa shape index (κ3) is 7.36. The molecule has 2 aromatic rings. The lowest BCUT2D eigenvalue weighted by atomic mass is 9.67. The Kier molecular flexibility index (Phi) is 11.9. The van der Waals surface area contributed by atoms with E-state index >= 15 is 0 Å². The number of nitrogens with zero attached hydrogens (tertiary/aromatic N) is 1. The van der Waals surface area contributed by atoms with Gasteiger partial charge < -0.3 is 58.5 Å². The molecule has 13 atom stereocenters. The van der Waals surface area contributed by atoms with Crippen LogP contribution in [0.4, 0.5) is 0 Å². The molecule has 58 heavy (non-hydrogen) atoms. The highest BCUT2D eigenvalue weighted by atomic mass is 16.7. The first kappa shape index (κ1) is 42.3. The van der Waals surface area contributed by atoms with E-state index in [0.717, 1.165) is 0 Å². The molecule has 2 aliphatic carbocycles. The van der Waals surface area contributed by atoms with E-state index in [9.17, 15) is 39.6 Å². The highest BCUT2D eigenvalue weighted by Gasteiger charge is 2.54. The molecule has 0 unspecified atom stereocenters. The molecule has 0 saturated carbocycles. The van der Waals surface area contributed by atoms with Crippen LogP contribution in [0.5, 0.6) is 11.5 Å². The fourth-order valence-electron chi connectivity index (χ4n) is 9.21. The fraction of sp³-hybridized carbons (Fsp3) is 0.619. The molecule has 0 radical (unpaired) electrons. The SMILES string of the molecule is CC[C@@]1(O)C[C@H](O[C@H]2OC[C@H](N(C)C)[C@H](O[C@H]3C[C@H](O)[C@H](O[C@H]4CCC(=O)[C@H](C)O4)[C@H](C)O3)[C@@H]2C)c2c(cc3c(c2O)C(=O)c2c(O)cccc2C3=O)[C@H]1C(=O)OC. The molecule has 0 bridgehead atoms. The molecule has 3 aliphatic heterocycles. The number of fused-ring (bicyclic) bond motifs is 3. The summed E-state index contributed by atoms with van der Waals surface area (Å²) in [5, 5.41) is 46.1. The Balaban J connectivity index is 1.18. The lowest BCUT2D eigenvalue weighted by molar-refractivity contribution is -0.324. The number of phenols is 2. The second-order valence-corrected chi connectivity index (χ2v) is 16.3. The van der Waals surface area contributed by atoms with Crippen molar-refractivity contribution < 1.29 is 72.8 Å². The summed E-state index contributed by atoms with van der Waals surface area (Å²) in [5.74, 6) is -5.20. The second-order valence-electron chi connectivity index (χ2n) is 16.3. The van der Waals surface area contributed by atoms with Crippen molar-refractivity contribution in [2.75, 3.05) is 27.8 Å². The lowest BCUT2D eigenvalue weighted by Crippen LogP contribution is -2.59. The van der Waals surface area contributed by atoms with Crippen molar-refractivity contribution in [2.45, 2.75) is 133 Å². The van der Waals surface area contributed by atoms with Gasteiger partial charge in [-0.15, -0.1) is 0 Å². The number of hydrogen-bond donors (Lipinski definition) is 4. The number of carbonyl (C=O) groups excluding carboxylic acids is 4. The second kappa shape index (κ2) is 16.3. The highest BCUT2D eigenvalue weighted by molar-refractivity contribution is 6.30. The van der Waals surface area contributed by atoms with Gasteiger partial charge in [-0.1, -0.05) is 26.0 Å². The highest BCUT2D eigenvalue weighted by Crippen LogP contribution is 2.54. The maximum atomic E-state index is 14.0. The number of esters is 1. The van der Waals surface area contributed by atoms with Gasteiger partial charge in [0.2, 0.25) is 5.78 Å². The van der Waals surface area contributed by atoms with E-state index < -0.39 is 102 Å². The van der Waals surface area contributed by atoms with Gasteiger partial charge >= 0.3 is 5.97 Å². The molecular formula is C42H53NO15. The van der Waals surface area contributed by atoms with Crippen LogP contribution < -0.4 is 0 Å². The van der Waals surface area contributed by atoms with Crippen LogP contribution in [0.3, 0.4) is 0 Å². The molecular weight excluding hydrogens is 758 g/mol. The summed E-state index contributed by atoms with van der Waals surface area (Å²) < 4.78 is 42.8. The van der Waals surface area contributed by atoms with E-state index in [-0.39, 0.29) is 71.1 Å². The average molecular weight is 812 g/mol. The molecule has 2 aromatic carbocycles. The number of rotatable bonds is 9. The summed E-state index contributed by atoms with van der Waals surface area (Å²) >= 11 is 0.